The number of hydrogen-bond donors (Lipinski definition) is 3. The molecule has 0 radical (unpaired) electrons. The molecule has 0 bridgehead atoms. The van der Waals surface area contributed by atoms with Crippen LogP contribution in [0.2, 0.25) is 0 Å². The lowest BCUT2D eigenvalue weighted by molar-refractivity contribution is 0.195. The number of nitrogens with one attached hydrogen (secondary N) is 2. The van der Waals surface area contributed by atoms with Crippen LogP contribution in [0.25, 0.3) is 11.1 Å². The minimum Gasteiger partial charge on any atom is -0.489 e. The molecule has 152 valence electrons. The van der Waals surface area contributed by atoms with Crippen molar-refractivity contribution in [3.63, 3.8) is 0 Å². The summed E-state index contributed by atoms with van der Waals surface area (Å²) >= 11 is 0. The van der Waals surface area contributed by atoms with E-state index in [1.807, 2.05) is 44.2 Å². The maximum atomic E-state index is 12.9. The summed E-state index contributed by atoms with van der Waals surface area (Å²) in [6.07, 6.45) is -0.901. The number of rotatable bonds is 8. The SMILES string of the molecule is CC(C)(Nc1nc2ccc(OCC(=CF)CNC(=O)O)cc2o1)c1ccccc1. The number of halogens is 1. The molecule has 0 fully saturated rings. The molecular weight excluding hydrogens is 377 g/mol. The molecule has 0 spiro atoms. The quantitative estimate of drug-likeness (QED) is 0.509. The van der Waals surface area contributed by atoms with Gasteiger partial charge in [0.1, 0.15) is 17.9 Å². The van der Waals surface area contributed by atoms with Gasteiger partial charge in [-0.15, -0.1) is 0 Å². The van der Waals surface area contributed by atoms with Crippen molar-refractivity contribution in [3.8, 4) is 5.75 Å². The second-order valence-electron chi connectivity index (χ2n) is 6.98. The normalized spacial score (nSPS) is 12.0. The highest BCUT2D eigenvalue weighted by molar-refractivity contribution is 5.76. The van der Waals surface area contributed by atoms with Gasteiger partial charge in [-0.2, -0.15) is 4.98 Å². The molecule has 0 saturated carbocycles. The molecule has 3 rings (SSSR count). The lowest BCUT2D eigenvalue weighted by atomic mass is 9.95. The number of fused-ring (bicyclic) bond motifs is 1. The number of benzene rings is 2. The number of amides is 1. The molecule has 1 aromatic heterocycles. The van der Waals surface area contributed by atoms with Crippen molar-refractivity contribution in [1.82, 2.24) is 10.3 Å². The average molecular weight is 399 g/mol. The van der Waals surface area contributed by atoms with E-state index < -0.39 is 6.09 Å². The molecule has 0 atom stereocenters. The van der Waals surface area contributed by atoms with Gasteiger partial charge >= 0.3 is 6.09 Å². The number of carboxylic acid groups (broad SMARTS) is 1. The summed E-state index contributed by atoms with van der Waals surface area (Å²) in [5.74, 6) is 0.456. The van der Waals surface area contributed by atoms with Crippen LogP contribution in [-0.4, -0.2) is 29.3 Å². The summed E-state index contributed by atoms with van der Waals surface area (Å²) in [6, 6.07) is 15.4. The lowest BCUT2D eigenvalue weighted by Crippen LogP contribution is -2.27. The molecule has 3 N–H and O–H groups in total. The first-order valence-electron chi connectivity index (χ1n) is 8.99. The summed E-state index contributed by atoms with van der Waals surface area (Å²) in [4.78, 5) is 15.0. The van der Waals surface area contributed by atoms with E-state index in [1.165, 1.54) is 0 Å². The molecule has 29 heavy (non-hydrogen) atoms. The highest BCUT2D eigenvalue weighted by Gasteiger charge is 2.22. The van der Waals surface area contributed by atoms with Crippen LogP contribution in [0.5, 0.6) is 5.75 Å². The average Bonchev–Trinajstić information content (AvgIpc) is 3.09. The Bertz CT molecular complexity index is 1020. The van der Waals surface area contributed by atoms with Gasteiger partial charge in [0.15, 0.2) is 5.58 Å². The third-order valence-electron chi connectivity index (χ3n) is 4.32. The third kappa shape index (κ3) is 5.25. The smallest absolute Gasteiger partial charge is 0.404 e. The first-order chi connectivity index (χ1) is 13.9. The molecule has 0 aliphatic carbocycles. The number of nitrogens with zero attached hydrogens (tertiary/aromatic N) is 1. The fraction of sp³-hybridized carbons (Fsp3) is 0.238. The van der Waals surface area contributed by atoms with Crippen molar-refractivity contribution in [3.05, 3.63) is 66.0 Å². The molecule has 1 heterocycles. The zero-order valence-corrected chi connectivity index (χ0v) is 16.1. The first kappa shape index (κ1) is 20.2. The summed E-state index contributed by atoms with van der Waals surface area (Å²) in [7, 11) is 0. The summed E-state index contributed by atoms with van der Waals surface area (Å²) in [6.45, 7) is 3.81. The van der Waals surface area contributed by atoms with Gasteiger partial charge in [0.25, 0.3) is 6.01 Å². The Hall–Kier alpha value is -3.55. The van der Waals surface area contributed by atoms with Crippen LogP contribution >= 0.6 is 0 Å². The molecule has 0 saturated heterocycles. The predicted molar refractivity (Wildman–Crippen MR) is 108 cm³/mol. The highest BCUT2D eigenvalue weighted by atomic mass is 19.1. The Morgan fingerprint density at radius 3 is 2.72 bits per heavy atom. The van der Waals surface area contributed by atoms with Crippen LogP contribution in [0.3, 0.4) is 0 Å². The van der Waals surface area contributed by atoms with Gasteiger partial charge in [0.05, 0.1) is 11.9 Å². The molecule has 2 aromatic carbocycles. The monoisotopic (exact) mass is 399 g/mol. The van der Waals surface area contributed by atoms with Gasteiger partial charge in [0, 0.05) is 18.2 Å². The Morgan fingerprint density at radius 1 is 1.28 bits per heavy atom. The second-order valence-corrected chi connectivity index (χ2v) is 6.98. The van der Waals surface area contributed by atoms with Crippen LogP contribution in [-0.2, 0) is 5.54 Å². The molecule has 0 aliphatic rings. The van der Waals surface area contributed by atoms with Crippen LogP contribution in [0.1, 0.15) is 19.4 Å². The Kier molecular flexibility index (Phi) is 6.01. The maximum absolute atomic E-state index is 12.9. The summed E-state index contributed by atoms with van der Waals surface area (Å²) in [5.41, 5.74) is 2.03. The van der Waals surface area contributed by atoms with Crippen molar-refractivity contribution in [2.24, 2.45) is 0 Å². The Labute approximate surface area is 167 Å². The van der Waals surface area contributed by atoms with Crippen molar-refractivity contribution < 1.29 is 23.4 Å². The van der Waals surface area contributed by atoms with E-state index in [4.69, 9.17) is 14.3 Å². The van der Waals surface area contributed by atoms with Crippen LogP contribution in [0.4, 0.5) is 15.2 Å². The topological polar surface area (TPSA) is 96.6 Å². The van der Waals surface area contributed by atoms with Crippen LogP contribution < -0.4 is 15.4 Å². The standard InChI is InChI=1S/C21H22FN3O4/c1-21(2,15-6-4-3-5-7-15)25-19-24-17-9-8-16(10-18(17)29-19)28-13-14(11-22)12-23-20(26)27/h3-11,23H,12-13H2,1-2H3,(H,24,25)(H,26,27). The minimum absolute atomic E-state index is 0.0947. The van der Waals surface area contributed by atoms with Crippen molar-refractivity contribution >= 4 is 23.2 Å². The molecular formula is C21H22FN3O4. The van der Waals surface area contributed by atoms with Gasteiger partial charge in [-0.05, 0) is 31.5 Å². The highest BCUT2D eigenvalue weighted by Crippen LogP contribution is 2.29. The molecule has 0 unspecified atom stereocenters. The number of anilines is 1. The molecule has 0 aliphatic heterocycles. The number of ether oxygens (including phenoxy) is 1. The molecule has 1 amide bonds. The van der Waals surface area contributed by atoms with Gasteiger partial charge < -0.3 is 24.9 Å². The number of oxazole rings is 1. The number of aromatic nitrogens is 1. The van der Waals surface area contributed by atoms with Crippen molar-refractivity contribution in [1.29, 1.82) is 0 Å². The van der Waals surface area contributed by atoms with E-state index in [-0.39, 0.29) is 24.3 Å². The fourth-order valence-electron chi connectivity index (χ4n) is 2.73. The Morgan fingerprint density at radius 2 is 2.03 bits per heavy atom. The predicted octanol–water partition coefficient (Wildman–Crippen LogP) is 4.67. The molecule has 3 aromatic rings. The van der Waals surface area contributed by atoms with Gasteiger partial charge in [0.2, 0.25) is 0 Å². The van der Waals surface area contributed by atoms with E-state index in [0.717, 1.165) is 5.56 Å². The van der Waals surface area contributed by atoms with Crippen molar-refractivity contribution in [2.45, 2.75) is 19.4 Å². The summed E-state index contributed by atoms with van der Waals surface area (Å²) in [5, 5.41) is 14.0. The van der Waals surface area contributed by atoms with E-state index in [2.05, 4.69) is 15.6 Å². The maximum Gasteiger partial charge on any atom is 0.404 e. The van der Waals surface area contributed by atoms with E-state index in [9.17, 15) is 9.18 Å². The van der Waals surface area contributed by atoms with Gasteiger partial charge in [-0.3, -0.25) is 0 Å². The zero-order chi connectivity index (χ0) is 20.9. The van der Waals surface area contributed by atoms with E-state index >= 15 is 0 Å². The third-order valence-corrected chi connectivity index (χ3v) is 4.32. The lowest BCUT2D eigenvalue weighted by Gasteiger charge is -2.25. The number of carbonyl (C=O) groups is 1. The molecule has 7 nitrogen and oxygen atoms in total. The van der Waals surface area contributed by atoms with Crippen LogP contribution in [0.15, 0.2) is 64.9 Å². The summed E-state index contributed by atoms with van der Waals surface area (Å²) < 4.78 is 24.2. The van der Waals surface area contributed by atoms with Crippen LogP contribution in [0, 0.1) is 0 Å². The van der Waals surface area contributed by atoms with E-state index in [1.54, 1.807) is 18.2 Å². The van der Waals surface area contributed by atoms with Gasteiger partial charge in [-0.25, -0.2) is 9.18 Å². The van der Waals surface area contributed by atoms with Gasteiger partial charge in [-0.1, -0.05) is 30.3 Å². The first-order valence-corrected chi connectivity index (χ1v) is 8.99. The van der Waals surface area contributed by atoms with E-state index in [0.29, 0.717) is 29.2 Å². The largest absolute Gasteiger partial charge is 0.489 e. The minimum atomic E-state index is -1.23. The van der Waals surface area contributed by atoms with Crippen molar-refractivity contribution in [2.75, 3.05) is 18.5 Å². The second kappa shape index (κ2) is 8.64. The Balaban J connectivity index is 1.69. The number of hydrogen-bond acceptors (Lipinski definition) is 5. The molecule has 8 heteroatoms. The zero-order valence-electron chi connectivity index (χ0n) is 16.1. The fourth-order valence-corrected chi connectivity index (χ4v) is 2.73.